The molecule has 1 heterocycles. The molecule has 0 saturated heterocycles. The molecule has 16 heavy (non-hydrogen) atoms. The van der Waals surface area contributed by atoms with Crippen LogP contribution in [0, 0.1) is 0 Å². The maximum absolute atomic E-state index is 11.0. The van der Waals surface area contributed by atoms with E-state index in [1.165, 1.54) is 13.4 Å². The van der Waals surface area contributed by atoms with Crippen LogP contribution in [0.1, 0.15) is 5.69 Å². The Morgan fingerprint density at radius 1 is 1.50 bits per heavy atom. The molecular weight excluding hydrogens is 230 g/mol. The minimum absolute atomic E-state index is 0.0562. The minimum Gasteiger partial charge on any atom is -0.481 e. The van der Waals surface area contributed by atoms with Crippen molar-refractivity contribution in [3.8, 4) is 5.88 Å². The standard InChI is InChI=1S/C9H15N3O3S/c1-15-9-4-8(11-6-12-9)3-7(10)5-16(2,13)14/h4,6-7H,3,5,10H2,1-2H3. The molecule has 0 aliphatic carbocycles. The molecule has 0 saturated carbocycles. The topological polar surface area (TPSA) is 95.2 Å². The average Bonchev–Trinajstić information content (AvgIpc) is 2.15. The number of hydrogen-bond acceptors (Lipinski definition) is 6. The third-order valence-corrected chi connectivity index (χ3v) is 2.93. The van der Waals surface area contributed by atoms with Crippen LogP contribution in [-0.4, -0.2) is 43.5 Å². The fourth-order valence-corrected chi connectivity index (χ4v) is 2.21. The van der Waals surface area contributed by atoms with E-state index >= 15 is 0 Å². The van der Waals surface area contributed by atoms with Gasteiger partial charge in [-0.2, -0.15) is 0 Å². The number of methoxy groups -OCH3 is 1. The second kappa shape index (κ2) is 5.22. The number of rotatable bonds is 5. The quantitative estimate of drug-likeness (QED) is 0.744. The summed E-state index contributed by atoms with van der Waals surface area (Å²) in [5, 5.41) is 0. The van der Waals surface area contributed by atoms with Crippen LogP contribution >= 0.6 is 0 Å². The molecule has 1 atom stereocenters. The predicted molar refractivity (Wildman–Crippen MR) is 60.0 cm³/mol. The van der Waals surface area contributed by atoms with E-state index in [1.807, 2.05) is 0 Å². The summed E-state index contributed by atoms with van der Waals surface area (Å²) in [7, 11) is -1.56. The number of nitrogens with zero attached hydrogens (tertiary/aromatic N) is 2. The SMILES string of the molecule is COc1cc(CC(N)CS(C)(=O)=O)ncn1. The zero-order chi connectivity index (χ0) is 12.2. The molecule has 0 radical (unpaired) electrons. The van der Waals surface area contributed by atoms with Gasteiger partial charge in [0, 0.05) is 30.5 Å². The number of nitrogens with two attached hydrogens (primary N) is 1. The van der Waals surface area contributed by atoms with Crippen LogP contribution in [0.4, 0.5) is 0 Å². The summed E-state index contributed by atoms with van der Waals surface area (Å²) in [6.45, 7) is 0. The van der Waals surface area contributed by atoms with Gasteiger partial charge in [0.05, 0.1) is 12.9 Å². The summed E-state index contributed by atoms with van der Waals surface area (Å²) in [4.78, 5) is 7.84. The van der Waals surface area contributed by atoms with E-state index in [9.17, 15) is 8.42 Å². The third-order valence-electron chi connectivity index (χ3n) is 1.90. The molecule has 2 N–H and O–H groups in total. The Hall–Kier alpha value is -1.21. The molecule has 0 amide bonds. The minimum atomic E-state index is -3.06. The van der Waals surface area contributed by atoms with Crippen LogP contribution in [0.2, 0.25) is 0 Å². The molecule has 1 unspecified atom stereocenters. The molecule has 6 nitrogen and oxygen atoms in total. The van der Waals surface area contributed by atoms with Crippen molar-refractivity contribution in [1.82, 2.24) is 9.97 Å². The van der Waals surface area contributed by atoms with E-state index in [2.05, 4.69) is 9.97 Å². The van der Waals surface area contributed by atoms with Crippen molar-refractivity contribution in [2.75, 3.05) is 19.1 Å². The van der Waals surface area contributed by atoms with Gasteiger partial charge in [-0.3, -0.25) is 0 Å². The average molecular weight is 245 g/mol. The lowest BCUT2D eigenvalue weighted by atomic mass is 10.2. The van der Waals surface area contributed by atoms with E-state index in [4.69, 9.17) is 10.5 Å². The lowest BCUT2D eigenvalue weighted by molar-refractivity contribution is 0.395. The van der Waals surface area contributed by atoms with Gasteiger partial charge in [0.15, 0.2) is 0 Å². The van der Waals surface area contributed by atoms with E-state index in [-0.39, 0.29) is 5.75 Å². The van der Waals surface area contributed by atoms with Crippen molar-refractivity contribution in [2.45, 2.75) is 12.5 Å². The Balaban J connectivity index is 2.65. The Labute approximate surface area is 94.8 Å². The molecule has 1 rings (SSSR count). The van der Waals surface area contributed by atoms with Gasteiger partial charge in [-0.05, 0) is 0 Å². The predicted octanol–water partition coefficient (Wildman–Crippen LogP) is -0.600. The van der Waals surface area contributed by atoms with E-state index in [0.29, 0.717) is 18.0 Å². The molecule has 90 valence electrons. The maximum atomic E-state index is 11.0. The molecular formula is C9H15N3O3S. The second-order valence-electron chi connectivity index (χ2n) is 3.61. The molecule has 1 aromatic rings. The van der Waals surface area contributed by atoms with Gasteiger partial charge in [0.2, 0.25) is 5.88 Å². The van der Waals surface area contributed by atoms with Crippen molar-refractivity contribution in [1.29, 1.82) is 0 Å². The highest BCUT2D eigenvalue weighted by Crippen LogP contribution is 2.07. The number of hydrogen-bond donors (Lipinski definition) is 1. The lowest BCUT2D eigenvalue weighted by Gasteiger charge is -2.09. The summed E-state index contributed by atoms with van der Waals surface area (Å²) in [5.74, 6) is 0.385. The molecule has 0 aliphatic rings. The fourth-order valence-electron chi connectivity index (χ4n) is 1.32. The highest BCUT2D eigenvalue weighted by Gasteiger charge is 2.12. The highest BCUT2D eigenvalue weighted by atomic mass is 32.2. The van der Waals surface area contributed by atoms with Crippen molar-refractivity contribution < 1.29 is 13.2 Å². The Kier molecular flexibility index (Phi) is 4.19. The van der Waals surface area contributed by atoms with Crippen LogP contribution in [0.3, 0.4) is 0 Å². The van der Waals surface area contributed by atoms with Gasteiger partial charge in [-0.15, -0.1) is 0 Å². The molecule has 0 fully saturated rings. The van der Waals surface area contributed by atoms with Crippen LogP contribution < -0.4 is 10.5 Å². The zero-order valence-corrected chi connectivity index (χ0v) is 10.1. The smallest absolute Gasteiger partial charge is 0.216 e. The largest absolute Gasteiger partial charge is 0.481 e. The van der Waals surface area contributed by atoms with Gasteiger partial charge in [0.25, 0.3) is 0 Å². The summed E-state index contributed by atoms with van der Waals surface area (Å²) in [5.41, 5.74) is 6.37. The number of ether oxygens (including phenoxy) is 1. The summed E-state index contributed by atoms with van der Waals surface area (Å²) < 4.78 is 27.0. The van der Waals surface area contributed by atoms with Crippen LogP contribution in [0.25, 0.3) is 0 Å². The van der Waals surface area contributed by atoms with Crippen molar-refractivity contribution in [3.63, 3.8) is 0 Å². The molecule has 0 spiro atoms. The number of sulfone groups is 1. The first kappa shape index (κ1) is 12.9. The first-order chi connectivity index (χ1) is 7.40. The maximum Gasteiger partial charge on any atom is 0.216 e. The van der Waals surface area contributed by atoms with Crippen LogP contribution in [-0.2, 0) is 16.3 Å². The Morgan fingerprint density at radius 2 is 2.19 bits per heavy atom. The first-order valence-corrected chi connectivity index (χ1v) is 6.75. The van der Waals surface area contributed by atoms with E-state index < -0.39 is 15.9 Å². The van der Waals surface area contributed by atoms with Crippen molar-refractivity contribution >= 4 is 9.84 Å². The summed E-state index contributed by atoms with van der Waals surface area (Å²) >= 11 is 0. The summed E-state index contributed by atoms with van der Waals surface area (Å²) in [6.07, 6.45) is 2.90. The van der Waals surface area contributed by atoms with Crippen molar-refractivity contribution in [2.24, 2.45) is 5.73 Å². The first-order valence-electron chi connectivity index (χ1n) is 4.69. The van der Waals surface area contributed by atoms with Gasteiger partial charge in [-0.25, -0.2) is 18.4 Å². The lowest BCUT2D eigenvalue weighted by Crippen LogP contribution is -2.31. The van der Waals surface area contributed by atoms with E-state index in [1.54, 1.807) is 6.07 Å². The highest BCUT2D eigenvalue weighted by molar-refractivity contribution is 7.90. The zero-order valence-electron chi connectivity index (χ0n) is 9.25. The monoisotopic (exact) mass is 245 g/mol. The van der Waals surface area contributed by atoms with Gasteiger partial charge >= 0.3 is 0 Å². The van der Waals surface area contributed by atoms with Gasteiger partial charge in [-0.1, -0.05) is 0 Å². The van der Waals surface area contributed by atoms with Crippen molar-refractivity contribution in [3.05, 3.63) is 18.1 Å². The molecule has 0 aromatic carbocycles. The Bertz CT molecular complexity index is 447. The molecule has 0 aliphatic heterocycles. The van der Waals surface area contributed by atoms with Gasteiger partial charge in [0.1, 0.15) is 16.2 Å². The second-order valence-corrected chi connectivity index (χ2v) is 5.79. The third kappa shape index (κ3) is 4.54. The van der Waals surface area contributed by atoms with Crippen LogP contribution in [0.15, 0.2) is 12.4 Å². The summed E-state index contributed by atoms with van der Waals surface area (Å²) in [6, 6.07) is 1.18. The fraction of sp³-hybridized carbons (Fsp3) is 0.556. The normalized spacial score (nSPS) is 13.4. The molecule has 7 heteroatoms. The van der Waals surface area contributed by atoms with Crippen LogP contribution in [0.5, 0.6) is 5.88 Å². The molecule has 0 bridgehead atoms. The van der Waals surface area contributed by atoms with Gasteiger partial charge < -0.3 is 10.5 Å². The Morgan fingerprint density at radius 3 is 2.75 bits per heavy atom. The van der Waals surface area contributed by atoms with E-state index in [0.717, 1.165) is 6.26 Å². The number of aromatic nitrogens is 2. The molecule has 1 aromatic heterocycles.